The van der Waals surface area contributed by atoms with Gasteiger partial charge in [-0.3, -0.25) is 14.5 Å². The van der Waals surface area contributed by atoms with Crippen molar-refractivity contribution in [2.45, 2.75) is 43.9 Å². The van der Waals surface area contributed by atoms with Crippen LogP contribution in [0.25, 0.3) is 0 Å². The molecule has 0 radical (unpaired) electrons. The third-order valence-electron chi connectivity index (χ3n) is 5.09. The number of nitrogens with one attached hydrogen (secondary N) is 1. The summed E-state index contributed by atoms with van der Waals surface area (Å²) in [4.78, 5) is 27.4. The molecule has 1 saturated carbocycles. The Kier molecular flexibility index (Phi) is 5.88. The fraction of sp³-hybridized carbons (Fsp3) is 0.579. The number of methoxy groups -OCH3 is 1. The molecule has 1 atom stereocenters. The first kappa shape index (κ1) is 18.8. The molecule has 1 heterocycles. The van der Waals surface area contributed by atoms with E-state index in [-0.39, 0.29) is 24.0 Å². The van der Waals surface area contributed by atoms with Gasteiger partial charge in [0.05, 0.1) is 13.2 Å². The average molecular weight is 364 g/mol. The Labute approximate surface area is 152 Å². The van der Waals surface area contributed by atoms with Gasteiger partial charge in [0.25, 0.3) is 5.91 Å². The summed E-state index contributed by atoms with van der Waals surface area (Å²) in [5.74, 6) is -1.11. The Morgan fingerprint density at radius 2 is 2.12 bits per heavy atom. The molecule has 3 rings (SSSR count). The maximum absolute atomic E-state index is 13.6. The summed E-state index contributed by atoms with van der Waals surface area (Å²) in [6.45, 7) is 0.906. The molecule has 2 amide bonds. The smallest absolute Gasteiger partial charge is 0.256 e. The number of benzene rings is 1. The number of hydrogen-bond acceptors (Lipinski definition) is 4. The number of hydrogen-bond donors (Lipinski definition) is 1. The van der Waals surface area contributed by atoms with Crippen LogP contribution in [0.5, 0.6) is 0 Å². The van der Waals surface area contributed by atoms with Crippen molar-refractivity contribution < 1.29 is 23.5 Å². The lowest BCUT2D eigenvalue weighted by Gasteiger charge is -2.41. The molecule has 2 fully saturated rings. The highest BCUT2D eigenvalue weighted by Gasteiger charge is 2.52. The molecule has 6 nitrogen and oxygen atoms in total. The maximum atomic E-state index is 13.6. The number of nitrogens with zero attached hydrogens (tertiary/aromatic N) is 1. The van der Waals surface area contributed by atoms with Crippen molar-refractivity contribution in [2.24, 2.45) is 0 Å². The third kappa shape index (κ3) is 3.73. The minimum absolute atomic E-state index is 0.153. The number of carbonyl (C=O) groups is 2. The first-order valence-electron chi connectivity index (χ1n) is 9.07. The van der Waals surface area contributed by atoms with E-state index in [0.717, 1.165) is 19.3 Å². The molecule has 1 aliphatic carbocycles. The Hall–Kier alpha value is -1.99. The summed E-state index contributed by atoms with van der Waals surface area (Å²) in [5.41, 5.74) is -0.541. The Morgan fingerprint density at radius 1 is 1.35 bits per heavy atom. The molecule has 7 heteroatoms. The van der Waals surface area contributed by atoms with Gasteiger partial charge < -0.3 is 14.8 Å². The third-order valence-corrected chi connectivity index (χ3v) is 5.09. The van der Waals surface area contributed by atoms with E-state index in [1.165, 1.54) is 18.2 Å². The standard InChI is InChI=1S/C19H25FN2O4/c1-25-11-10-21-17(23)16-13-26-19(8-3-2-4-9-19)22(16)18(24)14-6-5-7-15(20)12-14/h5-7,12,16H,2-4,8-11,13H2,1H3,(H,21,23)/t16-/m1/s1. The molecule has 1 aromatic carbocycles. The number of ether oxygens (including phenoxy) is 2. The van der Waals surface area contributed by atoms with Crippen molar-refractivity contribution in [1.29, 1.82) is 0 Å². The molecule has 1 saturated heterocycles. The van der Waals surface area contributed by atoms with Crippen molar-refractivity contribution in [3.63, 3.8) is 0 Å². The summed E-state index contributed by atoms with van der Waals surface area (Å²) in [5, 5.41) is 2.78. The highest BCUT2D eigenvalue weighted by molar-refractivity contribution is 5.98. The van der Waals surface area contributed by atoms with Crippen molar-refractivity contribution in [1.82, 2.24) is 10.2 Å². The lowest BCUT2D eigenvalue weighted by atomic mass is 9.89. The Morgan fingerprint density at radius 3 is 2.81 bits per heavy atom. The summed E-state index contributed by atoms with van der Waals surface area (Å²) in [6, 6.07) is 4.85. The molecule has 142 valence electrons. The van der Waals surface area contributed by atoms with Crippen LogP contribution in [0, 0.1) is 5.82 Å². The molecule has 2 aliphatic rings. The zero-order valence-corrected chi connectivity index (χ0v) is 15.0. The molecule has 26 heavy (non-hydrogen) atoms. The van der Waals surface area contributed by atoms with E-state index in [1.807, 2.05) is 0 Å². The monoisotopic (exact) mass is 364 g/mol. The van der Waals surface area contributed by atoms with Crippen LogP contribution in [-0.4, -0.2) is 55.3 Å². The maximum Gasteiger partial charge on any atom is 0.256 e. The van der Waals surface area contributed by atoms with E-state index >= 15 is 0 Å². The van der Waals surface area contributed by atoms with Gasteiger partial charge in [0.1, 0.15) is 17.6 Å². The molecule has 1 spiro atoms. The fourth-order valence-electron chi connectivity index (χ4n) is 3.83. The van der Waals surface area contributed by atoms with Gasteiger partial charge in [-0.1, -0.05) is 12.5 Å². The zero-order chi connectivity index (χ0) is 18.6. The van der Waals surface area contributed by atoms with E-state index in [1.54, 1.807) is 18.1 Å². The van der Waals surface area contributed by atoms with Crippen LogP contribution in [0.1, 0.15) is 42.5 Å². The number of halogens is 1. The topological polar surface area (TPSA) is 67.9 Å². The van der Waals surface area contributed by atoms with E-state index in [2.05, 4.69) is 5.32 Å². The second-order valence-corrected chi connectivity index (χ2v) is 6.80. The van der Waals surface area contributed by atoms with Gasteiger partial charge in [0, 0.05) is 19.2 Å². The van der Waals surface area contributed by atoms with Crippen LogP contribution < -0.4 is 5.32 Å². The highest BCUT2D eigenvalue weighted by Crippen LogP contribution is 2.41. The summed E-state index contributed by atoms with van der Waals surface area (Å²) in [7, 11) is 1.56. The first-order chi connectivity index (χ1) is 12.6. The van der Waals surface area contributed by atoms with Gasteiger partial charge in [0.15, 0.2) is 0 Å². The van der Waals surface area contributed by atoms with Gasteiger partial charge in [0.2, 0.25) is 5.91 Å². The van der Waals surface area contributed by atoms with Crippen molar-refractivity contribution in [3.8, 4) is 0 Å². The minimum atomic E-state index is -0.773. The van der Waals surface area contributed by atoms with Crippen LogP contribution >= 0.6 is 0 Å². The molecule has 0 aromatic heterocycles. The molecule has 1 aromatic rings. The minimum Gasteiger partial charge on any atom is -0.383 e. The van der Waals surface area contributed by atoms with Crippen LogP contribution in [0.3, 0.4) is 0 Å². The van der Waals surface area contributed by atoms with Gasteiger partial charge in [-0.25, -0.2) is 4.39 Å². The van der Waals surface area contributed by atoms with E-state index in [4.69, 9.17) is 9.47 Å². The Balaban J connectivity index is 1.87. The number of amides is 2. The first-order valence-corrected chi connectivity index (χ1v) is 9.07. The number of rotatable bonds is 5. The van der Waals surface area contributed by atoms with Crippen molar-refractivity contribution in [3.05, 3.63) is 35.6 Å². The van der Waals surface area contributed by atoms with Crippen LogP contribution in [0.4, 0.5) is 4.39 Å². The summed E-state index contributed by atoms with van der Waals surface area (Å²) in [6.07, 6.45) is 4.33. The largest absolute Gasteiger partial charge is 0.383 e. The normalized spacial score (nSPS) is 21.8. The fourth-order valence-corrected chi connectivity index (χ4v) is 3.83. The predicted molar refractivity (Wildman–Crippen MR) is 93.0 cm³/mol. The lowest BCUT2D eigenvalue weighted by Crippen LogP contribution is -2.56. The molecule has 0 unspecified atom stereocenters. The second-order valence-electron chi connectivity index (χ2n) is 6.80. The van der Waals surface area contributed by atoms with Gasteiger partial charge >= 0.3 is 0 Å². The molecular weight excluding hydrogens is 339 g/mol. The molecule has 1 aliphatic heterocycles. The SMILES string of the molecule is COCCNC(=O)[C@H]1COC2(CCCCC2)N1C(=O)c1cccc(F)c1. The molecular formula is C19H25FN2O4. The zero-order valence-electron chi connectivity index (χ0n) is 15.0. The highest BCUT2D eigenvalue weighted by atomic mass is 19.1. The quantitative estimate of drug-likeness (QED) is 0.813. The summed E-state index contributed by atoms with van der Waals surface area (Å²) < 4.78 is 24.6. The molecule has 0 bridgehead atoms. The van der Waals surface area contributed by atoms with Crippen molar-refractivity contribution in [2.75, 3.05) is 26.9 Å². The van der Waals surface area contributed by atoms with Crippen molar-refractivity contribution >= 4 is 11.8 Å². The average Bonchev–Trinajstić information content (AvgIpc) is 3.00. The predicted octanol–water partition coefficient (Wildman–Crippen LogP) is 2.09. The number of carbonyl (C=O) groups excluding carboxylic acids is 2. The van der Waals surface area contributed by atoms with Gasteiger partial charge in [-0.05, 0) is 43.9 Å². The van der Waals surface area contributed by atoms with Crippen LogP contribution in [0.2, 0.25) is 0 Å². The van der Waals surface area contributed by atoms with E-state index in [0.29, 0.717) is 26.0 Å². The summed E-state index contributed by atoms with van der Waals surface area (Å²) >= 11 is 0. The van der Waals surface area contributed by atoms with Gasteiger partial charge in [-0.15, -0.1) is 0 Å². The van der Waals surface area contributed by atoms with Crippen LogP contribution in [-0.2, 0) is 14.3 Å². The van der Waals surface area contributed by atoms with Crippen LogP contribution in [0.15, 0.2) is 24.3 Å². The van der Waals surface area contributed by atoms with E-state index in [9.17, 15) is 14.0 Å². The van der Waals surface area contributed by atoms with E-state index < -0.39 is 17.6 Å². The molecule has 1 N–H and O–H groups in total. The van der Waals surface area contributed by atoms with Gasteiger partial charge in [-0.2, -0.15) is 0 Å². The second kappa shape index (κ2) is 8.14. The lowest BCUT2D eigenvalue weighted by molar-refractivity contribution is -0.127. The Bertz CT molecular complexity index is 661.